The third kappa shape index (κ3) is 3.74. The summed E-state index contributed by atoms with van der Waals surface area (Å²) in [4.78, 5) is 27.9. The van der Waals surface area contributed by atoms with Gasteiger partial charge in [0.2, 0.25) is 5.91 Å². The summed E-state index contributed by atoms with van der Waals surface area (Å²) in [6, 6.07) is -0.0149. The minimum Gasteiger partial charge on any atom is -0.481 e. The summed E-state index contributed by atoms with van der Waals surface area (Å²) in [5.41, 5.74) is 0. The molecule has 6 nitrogen and oxygen atoms in total. The third-order valence-electron chi connectivity index (χ3n) is 4.65. The van der Waals surface area contributed by atoms with Crippen LogP contribution >= 0.6 is 0 Å². The second-order valence-corrected chi connectivity index (χ2v) is 6.63. The lowest BCUT2D eigenvalue weighted by atomic mass is 9.78. The molecule has 1 aliphatic heterocycles. The molecule has 1 heterocycles. The normalized spacial score (nSPS) is 33.4. The largest absolute Gasteiger partial charge is 0.481 e. The zero-order valence-corrected chi connectivity index (χ0v) is 12.9. The maximum Gasteiger partial charge on any atom is 0.307 e. The van der Waals surface area contributed by atoms with Crippen LogP contribution in [-0.4, -0.2) is 71.2 Å². The zero-order valence-electron chi connectivity index (χ0n) is 12.9. The van der Waals surface area contributed by atoms with Crippen molar-refractivity contribution in [3.63, 3.8) is 0 Å². The number of carboxylic acid groups (broad SMARTS) is 1. The van der Waals surface area contributed by atoms with Crippen molar-refractivity contribution in [2.75, 3.05) is 27.2 Å². The average Bonchev–Trinajstić information content (AvgIpc) is 2.77. The molecule has 1 saturated carbocycles. The molecule has 2 aliphatic rings. The summed E-state index contributed by atoms with van der Waals surface area (Å²) in [6.45, 7) is 1.04. The van der Waals surface area contributed by atoms with E-state index in [1.54, 1.807) is 4.90 Å². The highest BCUT2D eigenvalue weighted by molar-refractivity contribution is 5.85. The summed E-state index contributed by atoms with van der Waals surface area (Å²) in [7, 11) is 3.88. The number of carbonyl (C=O) groups is 2. The van der Waals surface area contributed by atoms with E-state index < -0.39 is 23.9 Å². The smallest absolute Gasteiger partial charge is 0.307 e. The molecule has 0 spiro atoms. The predicted molar refractivity (Wildman–Crippen MR) is 77.8 cm³/mol. The lowest BCUT2D eigenvalue weighted by Crippen LogP contribution is -2.47. The number of likely N-dealkylation sites (N-methyl/N-ethyl adjacent to an activating group) is 1. The molecule has 2 N–H and O–H groups in total. The molecule has 4 unspecified atom stereocenters. The highest BCUT2D eigenvalue weighted by atomic mass is 16.4. The van der Waals surface area contributed by atoms with Gasteiger partial charge >= 0.3 is 5.97 Å². The number of hydrogen-bond donors (Lipinski definition) is 2. The summed E-state index contributed by atoms with van der Waals surface area (Å²) in [5, 5.41) is 19.2. The number of carbonyl (C=O) groups excluding carboxylic acids is 1. The average molecular weight is 298 g/mol. The third-order valence-corrected chi connectivity index (χ3v) is 4.65. The minimum absolute atomic E-state index is 0.0149. The first-order valence-electron chi connectivity index (χ1n) is 7.76. The van der Waals surface area contributed by atoms with Gasteiger partial charge < -0.3 is 20.0 Å². The Morgan fingerprint density at radius 2 is 1.81 bits per heavy atom. The first-order valence-corrected chi connectivity index (χ1v) is 7.76. The van der Waals surface area contributed by atoms with Crippen molar-refractivity contribution in [1.29, 1.82) is 0 Å². The zero-order chi connectivity index (χ0) is 15.6. The topological polar surface area (TPSA) is 81.1 Å². The Kier molecular flexibility index (Phi) is 5.22. The van der Waals surface area contributed by atoms with E-state index in [-0.39, 0.29) is 11.9 Å². The Bertz CT molecular complexity index is 399. The lowest BCUT2D eigenvalue weighted by Gasteiger charge is -2.34. The van der Waals surface area contributed by atoms with Crippen LogP contribution in [0.3, 0.4) is 0 Å². The number of likely N-dealkylation sites (tertiary alicyclic amines) is 1. The van der Waals surface area contributed by atoms with Gasteiger partial charge in [-0.05, 0) is 33.4 Å². The molecule has 0 radical (unpaired) electrons. The van der Waals surface area contributed by atoms with Crippen molar-refractivity contribution in [2.45, 2.75) is 44.2 Å². The summed E-state index contributed by atoms with van der Waals surface area (Å²) in [6.07, 6.45) is 3.11. The van der Waals surface area contributed by atoms with Gasteiger partial charge in [-0.25, -0.2) is 0 Å². The van der Waals surface area contributed by atoms with Crippen LogP contribution in [0.4, 0.5) is 0 Å². The number of hydrogen-bond acceptors (Lipinski definition) is 4. The number of nitrogens with zero attached hydrogens (tertiary/aromatic N) is 2. The highest BCUT2D eigenvalue weighted by Crippen LogP contribution is 2.33. The van der Waals surface area contributed by atoms with E-state index in [9.17, 15) is 19.8 Å². The molecule has 0 aromatic rings. The van der Waals surface area contributed by atoms with E-state index in [0.29, 0.717) is 32.4 Å². The number of aliphatic carboxylic acids is 1. The van der Waals surface area contributed by atoms with Crippen molar-refractivity contribution < 1.29 is 19.8 Å². The fourth-order valence-corrected chi connectivity index (χ4v) is 3.69. The molecule has 2 rings (SSSR count). The predicted octanol–water partition coefficient (Wildman–Crippen LogP) is 0.401. The van der Waals surface area contributed by atoms with Crippen molar-refractivity contribution in [2.24, 2.45) is 11.8 Å². The first kappa shape index (κ1) is 16.2. The lowest BCUT2D eigenvalue weighted by molar-refractivity contribution is -0.152. The summed E-state index contributed by atoms with van der Waals surface area (Å²) in [5.74, 6) is -1.93. The molecule has 21 heavy (non-hydrogen) atoms. The van der Waals surface area contributed by atoms with Crippen LogP contribution in [0.5, 0.6) is 0 Å². The monoisotopic (exact) mass is 298 g/mol. The number of rotatable bonds is 4. The van der Waals surface area contributed by atoms with Crippen LogP contribution in [0.1, 0.15) is 32.1 Å². The molecular weight excluding hydrogens is 272 g/mol. The number of β-amino-alcohol motifs (C(OH)–C–C–N with tert-alkyl or cyclic N) is 1. The molecule has 0 bridgehead atoms. The molecule has 120 valence electrons. The van der Waals surface area contributed by atoms with Gasteiger partial charge in [-0.2, -0.15) is 0 Å². The highest BCUT2D eigenvalue weighted by Gasteiger charge is 2.42. The van der Waals surface area contributed by atoms with Gasteiger partial charge in [0.15, 0.2) is 0 Å². The fourth-order valence-electron chi connectivity index (χ4n) is 3.69. The number of aliphatic hydroxyl groups is 1. The van der Waals surface area contributed by atoms with Gasteiger partial charge in [-0.15, -0.1) is 0 Å². The molecule has 1 aliphatic carbocycles. The minimum atomic E-state index is -0.864. The Morgan fingerprint density at radius 3 is 2.38 bits per heavy atom. The molecule has 1 saturated heterocycles. The van der Waals surface area contributed by atoms with Crippen molar-refractivity contribution in [3.8, 4) is 0 Å². The summed E-state index contributed by atoms with van der Waals surface area (Å²) < 4.78 is 0. The van der Waals surface area contributed by atoms with E-state index in [0.717, 1.165) is 12.8 Å². The van der Waals surface area contributed by atoms with Crippen LogP contribution < -0.4 is 0 Å². The molecular formula is C15H26N2O4. The SMILES string of the molecule is CN(C)CC1CC(O)CN1C(=O)C1CCCCC1C(=O)O. The molecule has 0 aromatic carbocycles. The number of aliphatic hydroxyl groups excluding tert-OH is 1. The molecule has 6 heteroatoms. The Labute approximate surface area is 125 Å². The van der Waals surface area contributed by atoms with Crippen LogP contribution in [0, 0.1) is 11.8 Å². The van der Waals surface area contributed by atoms with Crippen LogP contribution in [-0.2, 0) is 9.59 Å². The maximum absolute atomic E-state index is 12.8. The van der Waals surface area contributed by atoms with Crippen LogP contribution in [0.2, 0.25) is 0 Å². The first-order chi connectivity index (χ1) is 9.90. The standard InChI is InChI=1S/C15H26N2O4/c1-16(2)8-10-7-11(18)9-17(10)14(19)12-5-3-4-6-13(12)15(20)21/h10-13,18H,3-9H2,1-2H3,(H,20,21). The molecule has 4 atom stereocenters. The number of amides is 1. The van der Waals surface area contributed by atoms with Gasteiger partial charge in [0, 0.05) is 19.1 Å². The van der Waals surface area contributed by atoms with Crippen molar-refractivity contribution in [3.05, 3.63) is 0 Å². The molecule has 0 aromatic heterocycles. The van der Waals surface area contributed by atoms with Crippen molar-refractivity contribution >= 4 is 11.9 Å². The van der Waals surface area contributed by atoms with Gasteiger partial charge in [-0.3, -0.25) is 9.59 Å². The second-order valence-electron chi connectivity index (χ2n) is 6.63. The molecule has 1 amide bonds. The van der Waals surface area contributed by atoms with E-state index in [1.165, 1.54) is 0 Å². The van der Waals surface area contributed by atoms with Crippen molar-refractivity contribution in [1.82, 2.24) is 9.80 Å². The fraction of sp³-hybridized carbons (Fsp3) is 0.867. The van der Waals surface area contributed by atoms with Gasteiger partial charge in [-0.1, -0.05) is 12.8 Å². The van der Waals surface area contributed by atoms with E-state index in [1.807, 2.05) is 19.0 Å². The summed E-state index contributed by atoms with van der Waals surface area (Å²) >= 11 is 0. The van der Waals surface area contributed by atoms with Crippen LogP contribution in [0.25, 0.3) is 0 Å². The van der Waals surface area contributed by atoms with E-state index in [4.69, 9.17) is 0 Å². The van der Waals surface area contributed by atoms with Gasteiger partial charge in [0.1, 0.15) is 0 Å². The number of carboxylic acids is 1. The Morgan fingerprint density at radius 1 is 1.19 bits per heavy atom. The molecule has 2 fully saturated rings. The van der Waals surface area contributed by atoms with Gasteiger partial charge in [0.05, 0.1) is 17.9 Å². The van der Waals surface area contributed by atoms with E-state index in [2.05, 4.69) is 0 Å². The van der Waals surface area contributed by atoms with Crippen LogP contribution in [0.15, 0.2) is 0 Å². The quantitative estimate of drug-likeness (QED) is 0.785. The maximum atomic E-state index is 12.8. The second kappa shape index (κ2) is 6.75. The Balaban J connectivity index is 2.10. The Hall–Kier alpha value is -1.14. The van der Waals surface area contributed by atoms with E-state index >= 15 is 0 Å². The van der Waals surface area contributed by atoms with Gasteiger partial charge in [0.25, 0.3) is 0 Å².